The monoisotopic (exact) mass is 233 g/mol. The Morgan fingerprint density at radius 3 is 2.82 bits per heavy atom. The molecule has 4 heteroatoms. The topological polar surface area (TPSA) is 53.2 Å². The van der Waals surface area contributed by atoms with Gasteiger partial charge in [-0.05, 0) is 50.6 Å². The molecule has 1 heterocycles. The lowest BCUT2D eigenvalue weighted by atomic mass is 10.1. The van der Waals surface area contributed by atoms with Crippen LogP contribution in [-0.2, 0) is 0 Å². The van der Waals surface area contributed by atoms with E-state index >= 15 is 0 Å². The molecule has 2 rings (SSSR count). The van der Waals surface area contributed by atoms with Gasteiger partial charge in [0.2, 0.25) is 0 Å². The molecule has 92 valence electrons. The zero-order valence-corrected chi connectivity index (χ0v) is 10.1. The molecule has 0 saturated carbocycles. The molecule has 0 atom stereocenters. The number of hydrogen-bond donors (Lipinski definition) is 3. The van der Waals surface area contributed by atoms with Gasteiger partial charge in [-0.3, -0.25) is 0 Å². The first kappa shape index (κ1) is 11.9. The van der Waals surface area contributed by atoms with Gasteiger partial charge in [-0.25, -0.2) is 4.79 Å². The third kappa shape index (κ3) is 3.75. The highest BCUT2D eigenvalue weighted by Gasteiger charge is 2.14. The summed E-state index contributed by atoms with van der Waals surface area (Å²) < 4.78 is 0. The zero-order valence-electron chi connectivity index (χ0n) is 10.1. The highest BCUT2D eigenvalue weighted by molar-refractivity contribution is 5.89. The minimum atomic E-state index is -0.109. The summed E-state index contributed by atoms with van der Waals surface area (Å²) in [7, 11) is 0. The molecule has 4 nitrogen and oxygen atoms in total. The molecular formula is C13H19N3O. The standard InChI is InChI=1S/C13H19N3O/c1-10-3-2-4-12(9-10)16-13(17)15-11-5-7-14-8-6-11/h2-4,9,11,14H,5-8H2,1H3,(H2,15,16,17). The van der Waals surface area contributed by atoms with Crippen molar-refractivity contribution in [3.8, 4) is 0 Å². The largest absolute Gasteiger partial charge is 0.335 e. The fourth-order valence-corrected chi connectivity index (χ4v) is 2.04. The van der Waals surface area contributed by atoms with E-state index < -0.39 is 0 Å². The van der Waals surface area contributed by atoms with Gasteiger partial charge in [-0.1, -0.05) is 12.1 Å². The predicted molar refractivity (Wildman–Crippen MR) is 69.2 cm³/mol. The fraction of sp³-hybridized carbons (Fsp3) is 0.462. The summed E-state index contributed by atoms with van der Waals surface area (Å²) in [5, 5.41) is 9.13. The maximum atomic E-state index is 11.7. The van der Waals surface area contributed by atoms with Gasteiger partial charge in [0.25, 0.3) is 0 Å². The minimum Gasteiger partial charge on any atom is -0.335 e. The maximum absolute atomic E-state index is 11.7. The lowest BCUT2D eigenvalue weighted by Gasteiger charge is -2.23. The van der Waals surface area contributed by atoms with Gasteiger partial charge in [-0.2, -0.15) is 0 Å². The molecule has 0 spiro atoms. The molecule has 0 aromatic heterocycles. The summed E-state index contributed by atoms with van der Waals surface area (Å²) in [6.07, 6.45) is 2.00. The van der Waals surface area contributed by atoms with Crippen LogP contribution in [0.5, 0.6) is 0 Å². The zero-order chi connectivity index (χ0) is 12.1. The second kappa shape index (κ2) is 5.68. The Hall–Kier alpha value is -1.55. The van der Waals surface area contributed by atoms with Gasteiger partial charge < -0.3 is 16.0 Å². The van der Waals surface area contributed by atoms with Crippen LogP contribution in [0.1, 0.15) is 18.4 Å². The van der Waals surface area contributed by atoms with E-state index in [1.165, 1.54) is 0 Å². The number of piperidine rings is 1. The second-order valence-electron chi connectivity index (χ2n) is 4.49. The summed E-state index contributed by atoms with van der Waals surface area (Å²) in [5.41, 5.74) is 1.99. The first-order chi connectivity index (χ1) is 8.24. The number of carbonyl (C=O) groups excluding carboxylic acids is 1. The molecule has 17 heavy (non-hydrogen) atoms. The quantitative estimate of drug-likeness (QED) is 0.730. The molecule has 0 radical (unpaired) electrons. The fourth-order valence-electron chi connectivity index (χ4n) is 2.04. The molecule has 1 aromatic carbocycles. The molecule has 0 bridgehead atoms. The summed E-state index contributed by atoms with van der Waals surface area (Å²) >= 11 is 0. The first-order valence-corrected chi connectivity index (χ1v) is 6.09. The minimum absolute atomic E-state index is 0.109. The van der Waals surface area contributed by atoms with Crippen molar-refractivity contribution in [2.75, 3.05) is 18.4 Å². The predicted octanol–water partition coefficient (Wildman–Crippen LogP) is 1.87. The number of hydrogen-bond acceptors (Lipinski definition) is 2. The molecule has 1 aliphatic heterocycles. The van der Waals surface area contributed by atoms with Crippen molar-refractivity contribution in [2.45, 2.75) is 25.8 Å². The van der Waals surface area contributed by atoms with E-state index in [1.54, 1.807) is 0 Å². The summed E-state index contributed by atoms with van der Waals surface area (Å²) in [4.78, 5) is 11.7. The van der Waals surface area contributed by atoms with Crippen molar-refractivity contribution in [3.63, 3.8) is 0 Å². The molecule has 2 amide bonds. The Balaban J connectivity index is 1.84. The highest BCUT2D eigenvalue weighted by atomic mass is 16.2. The molecular weight excluding hydrogens is 214 g/mol. The maximum Gasteiger partial charge on any atom is 0.319 e. The smallest absolute Gasteiger partial charge is 0.319 e. The molecule has 0 aliphatic carbocycles. The van der Waals surface area contributed by atoms with Crippen LogP contribution in [0.2, 0.25) is 0 Å². The number of carbonyl (C=O) groups is 1. The van der Waals surface area contributed by atoms with Crippen LogP contribution in [0.4, 0.5) is 10.5 Å². The Kier molecular flexibility index (Phi) is 3.98. The van der Waals surface area contributed by atoms with Gasteiger partial charge in [0, 0.05) is 11.7 Å². The summed E-state index contributed by atoms with van der Waals surface area (Å²) in [5.74, 6) is 0. The third-order valence-corrected chi connectivity index (χ3v) is 2.95. The highest BCUT2D eigenvalue weighted by Crippen LogP contribution is 2.09. The number of amides is 2. The van der Waals surface area contributed by atoms with Crippen LogP contribution in [-0.4, -0.2) is 25.2 Å². The van der Waals surface area contributed by atoms with E-state index in [9.17, 15) is 4.79 Å². The van der Waals surface area contributed by atoms with E-state index in [4.69, 9.17) is 0 Å². The number of rotatable bonds is 2. The number of benzene rings is 1. The SMILES string of the molecule is Cc1cccc(NC(=O)NC2CCNCC2)c1. The van der Waals surface area contributed by atoms with E-state index in [2.05, 4.69) is 16.0 Å². The van der Waals surface area contributed by atoms with Crippen molar-refractivity contribution >= 4 is 11.7 Å². The summed E-state index contributed by atoms with van der Waals surface area (Å²) in [6, 6.07) is 7.99. The van der Waals surface area contributed by atoms with Crippen molar-refractivity contribution in [1.29, 1.82) is 0 Å². The molecule has 1 saturated heterocycles. The molecule has 0 unspecified atom stereocenters. The van der Waals surface area contributed by atoms with E-state index in [1.807, 2.05) is 31.2 Å². The number of anilines is 1. The molecule has 1 fully saturated rings. The van der Waals surface area contributed by atoms with Crippen molar-refractivity contribution in [1.82, 2.24) is 10.6 Å². The van der Waals surface area contributed by atoms with E-state index in [0.717, 1.165) is 37.2 Å². The van der Waals surface area contributed by atoms with Crippen molar-refractivity contribution < 1.29 is 4.79 Å². The Bertz CT molecular complexity index is 386. The molecule has 1 aromatic rings. The van der Waals surface area contributed by atoms with Gasteiger partial charge in [0.1, 0.15) is 0 Å². The second-order valence-corrected chi connectivity index (χ2v) is 4.49. The average Bonchev–Trinajstić information content (AvgIpc) is 2.30. The number of urea groups is 1. The van der Waals surface area contributed by atoms with Gasteiger partial charge in [0.15, 0.2) is 0 Å². The van der Waals surface area contributed by atoms with Gasteiger partial charge in [0.05, 0.1) is 0 Å². The van der Waals surface area contributed by atoms with Crippen LogP contribution in [0.3, 0.4) is 0 Å². The normalized spacial score (nSPS) is 16.5. The van der Waals surface area contributed by atoms with Crippen LogP contribution in [0, 0.1) is 6.92 Å². The van der Waals surface area contributed by atoms with E-state index in [-0.39, 0.29) is 6.03 Å². The lowest BCUT2D eigenvalue weighted by molar-refractivity contribution is 0.245. The van der Waals surface area contributed by atoms with Gasteiger partial charge >= 0.3 is 6.03 Å². The van der Waals surface area contributed by atoms with Crippen LogP contribution in [0.15, 0.2) is 24.3 Å². The average molecular weight is 233 g/mol. The molecule has 3 N–H and O–H groups in total. The van der Waals surface area contributed by atoms with Crippen LogP contribution < -0.4 is 16.0 Å². The van der Waals surface area contributed by atoms with Gasteiger partial charge in [-0.15, -0.1) is 0 Å². The van der Waals surface area contributed by atoms with Crippen LogP contribution >= 0.6 is 0 Å². The van der Waals surface area contributed by atoms with Crippen molar-refractivity contribution in [2.24, 2.45) is 0 Å². The number of aryl methyl sites for hydroxylation is 1. The lowest BCUT2D eigenvalue weighted by Crippen LogP contribution is -2.44. The third-order valence-electron chi connectivity index (χ3n) is 2.95. The number of nitrogens with one attached hydrogen (secondary N) is 3. The van der Waals surface area contributed by atoms with E-state index in [0.29, 0.717) is 6.04 Å². The Morgan fingerprint density at radius 2 is 2.12 bits per heavy atom. The summed E-state index contributed by atoms with van der Waals surface area (Å²) in [6.45, 7) is 3.97. The first-order valence-electron chi connectivity index (χ1n) is 6.09. The Morgan fingerprint density at radius 1 is 1.35 bits per heavy atom. The van der Waals surface area contributed by atoms with Crippen molar-refractivity contribution in [3.05, 3.63) is 29.8 Å². The Labute approximate surface area is 102 Å². The van der Waals surface area contributed by atoms with Crippen LogP contribution in [0.25, 0.3) is 0 Å². The molecule has 1 aliphatic rings.